The molecule has 170 valence electrons. The van der Waals surface area contributed by atoms with Crippen molar-refractivity contribution in [2.24, 2.45) is 0 Å². The fourth-order valence-electron chi connectivity index (χ4n) is 3.89. The van der Waals surface area contributed by atoms with Crippen LogP contribution in [0.5, 0.6) is 0 Å². The first kappa shape index (κ1) is 23.2. The van der Waals surface area contributed by atoms with Crippen molar-refractivity contribution < 1.29 is 4.79 Å². The zero-order valence-corrected chi connectivity index (χ0v) is 20.0. The molecule has 4 aromatic rings. The highest BCUT2D eigenvalue weighted by Gasteiger charge is 2.13. The number of hydrogen-bond donors (Lipinski definition) is 2. The topological polar surface area (TPSA) is 65.2 Å². The van der Waals surface area contributed by atoms with Crippen LogP contribution in [0.25, 0.3) is 21.8 Å². The molecule has 7 heteroatoms. The Balaban J connectivity index is 1.40. The van der Waals surface area contributed by atoms with E-state index in [1.54, 1.807) is 36.0 Å². The number of aromatic amines is 1. The van der Waals surface area contributed by atoms with Gasteiger partial charge in [0.15, 0.2) is 5.43 Å². The molecule has 3 aromatic carbocycles. The van der Waals surface area contributed by atoms with Gasteiger partial charge in [0.1, 0.15) is 0 Å². The Labute approximate surface area is 202 Å². The summed E-state index contributed by atoms with van der Waals surface area (Å²) in [6, 6.07) is 21.0. The summed E-state index contributed by atoms with van der Waals surface area (Å²) in [5.74, 6) is 1.15. The van der Waals surface area contributed by atoms with Crippen molar-refractivity contribution in [1.82, 2.24) is 10.3 Å². The van der Waals surface area contributed by atoms with Gasteiger partial charge in [0.2, 0.25) is 0 Å². The van der Waals surface area contributed by atoms with E-state index >= 15 is 0 Å². The first-order valence-electron chi connectivity index (χ1n) is 11.0. The lowest BCUT2D eigenvalue weighted by molar-refractivity contribution is 0.0957. The molecular formula is C26H26ClN3O2S. The van der Waals surface area contributed by atoms with Crippen molar-refractivity contribution in [3.05, 3.63) is 82.5 Å². The van der Waals surface area contributed by atoms with Crippen molar-refractivity contribution in [3.63, 3.8) is 0 Å². The van der Waals surface area contributed by atoms with Gasteiger partial charge in [0.25, 0.3) is 5.91 Å². The van der Waals surface area contributed by atoms with Crippen LogP contribution in [0.15, 0.2) is 76.4 Å². The van der Waals surface area contributed by atoms with E-state index in [0.717, 1.165) is 34.9 Å². The molecule has 0 unspecified atom stereocenters. The number of H-pyrrole nitrogens is 1. The minimum Gasteiger partial charge on any atom is -0.371 e. The zero-order valence-electron chi connectivity index (χ0n) is 18.4. The molecule has 4 rings (SSSR count). The number of rotatable bonds is 9. The maximum Gasteiger partial charge on any atom is 0.253 e. The maximum atomic E-state index is 12.9. The predicted molar refractivity (Wildman–Crippen MR) is 140 cm³/mol. The molecule has 0 aliphatic rings. The van der Waals surface area contributed by atoms with E-state index in [9.17, 15) is 9.59 Å². The molecule has 0 atom stereocenters. The number of fused-ring (bicyclic) bond motifs is 2. The number of amides is 1. The van der Waals surface area contributed by atoms with Gasteiger partial charge in [-0.05, 0) is 55.5 Å². The standard InChI is InChI=1S/C26H26ClN3O2S/c1-2-30(16-14-27)18-10-12-19(13-11-18)33-17-15-28-26(32)22-8-5-7-21-24(22)29-23-9-4-3-6-20(23)25(21)31/h3-13H,2,14-17H2,1H3,(H,28,32)(H,29,31). The van der Waals surface area contributed by atoms with Gasteiger partial charge < -0.3 is 15.2 Å². The number of nitrogens with one attached hydrogen (secondary N) is 2. The fraction of sp³-hybridized carbons (Fsp3) is 0.231. The smallest absolute Gasteiger partial charge is 0.253 e. The number of halogens is 1. The van der Waals surface area contributed by atoms with Gasteiger partial charge >= 0.3 is 0 Å². The Kier molecular flexibility index (Phi) is 7.57. The van der Waals surface area contributed by atoms with Crippen LogP contribution in [0.1, 0.15) is 17.3 Å². The van der Waals surface area contributed by atoms with Crippen molar-refractivity contribution in [3.8, 4) is 0 Å². The summed E-state index contributed by atoms with van der Waals surface area (Å²) in [6.07, 6.45) is 0. The predicted octanol–water partition coefficient (Wildman–Crippen LogP) is 5.27. The molecule has 0 saturated carbocycles. The average Bonchev–Trinajstić information content (AvgIpc) is 2.85. The largest absolute Gasteiger partial charge is 0.371 e. The minimum absolute atomic E-state index is 0.0688. The van der Waals surface area contributed by atoms with E-state index in [0.29, 0.717) is 34.3 Å². The van der Waals surface area contributed by atoms with Crippen LogP contribution in [0.3, 0.4) is 0 Å². The van der Waals surface area contributed by atoms with Crippen molar-refractivity contribution in [1.29, 1.82) is 0 Å². The van der Waals surface area contributed by atoms with Crippen molar-refractivity contribution in [2.75, 3.05) is 36.2 Å². The third-order valence-electron chi connectivity index (χ3n) is 5.58. The number of hydrogen-bond acceptors (Lipinski definition) is 4. The SMILES string of the molecule is CCN(CCCl)c1ccc(SCCNC(=O)c2cccc3c(=O)c4ccccc4[nH]c23)cc1. The molecule has 0 spiro atoms. The molecular weight excluding hydrogens is 454 g/mol. The van der Waals surface area contributed by atoms with E-state index in [4.69, 9.17) is 11.6 Å². The fourth-order valence-corrected chi connectivity index (χ4v) is 4.86. The second kappa shape index (κ2) is 10.8. The normalized spacial score (nSPS) is 11.1. The number of para-hydroxylation sites is 2. The third kappa shape index (κ3) is 5.18. The van der Waals surface area contributed by atoms with Gasteiger partial charge in [-0.2, -0.15) is 0 Å². The Bertz CT molecular complexity index is 1320. The lowest BCUT2D eigenvalue weighted by Gasteiger charge is -2.22. The average molecular weight is 480 g/mol. The number of aromatic nitrogens is 1. The molecule has 1 heterocycles. The molecule has 0 saturated heterocycles. The van der Waals surface area contributed by atoms with E-state index in [-0.39, 0.29) is 11.3 Å². The second-order valence-electron chi connectivity index (χ2n) is 7.59. The number of carbonyl (C=O) groups is 1. The van der Waals surface area contributed by atoms with Gasteiger partial charge in [-0.25, -0.2) is 0 Å². The lowest BCUT2D eigenvalue weighted by atomic mass is 10.1. The van der Waals surface area contributed by atoms with Crippen LogP contribution >= 0.6 is 23.4 Å². The molecule has 0 fully saturated rings. The highest BCUT2D eigenvalue weighted by atomic mass is 35.5. The molecule has 0 radical (unpaired) electrons. The van der Waals surface area contributed by atoms with Crippen LogP contribution in [-0.2, 0) is 0 Å². The van der Waals surface area contributed by atoms with E-state index < -0.39 is 0 Å². The van der Waals surface area contributed by atoms with E-state index in [1.807, 2.05) is 18.2 Å². The monoisotopic (exact) mass is 479 g/mol. The number of nitrogens with zero attached hydrogens (tertiary/aromatic N) is 1. The molecule has 5 nitrogen and oxygen atoms in total. The number of pyridine rings is 1. The molecule has 1 amide bonds. The highest BCUT2D eigenvalue weighted by molar-refractivity contribution is 7.99. The summed E-state index contributed by atoms with van der Waals surface area (Å²) >= 11 is 7.57. The van der Waals surface area contributed by atoms with Gasteiger partial charge in [0.05, 0.1) is 11.1 Å². The summed E-state index contributed by atoms with van der Waals surface area (Å²) in [5, 5.41) is 4.12. The first-order valence-corrected chi connectivity index (χ1v) is 12.5. The maximum absolute atomic E-state index is 12.9. The summed E-state index contributed by atoms with van der Waals surface area (Å²) < 4.78 is 0. The number of anilines is 1. The molecule has 2 N–H and O–H groups in total. The zero-order chi connectivity index (χ0) is 23.2. The van der Waals surface area contributed by atoms with Crippen LogP contribution < -0.4 is 15.6 Å². The Morgan fingerprint density at radius 2 is 1.79 bits per heavy atom. The minimum atomic E-state index is -0.192. The second-order valence-corrected chi connectivity index (χ2v) is 9.14. The van der Waals surface area contributed by atoms with Crippen molar-refractivity contribution in [2.45, 2.75) is 11.8 Å². The van der Waals surface area contributed by atoms with E-state index in [1.165, 1.54) is 0 Å². The van der Waals surface area contributed by atoms with Gasteiger partial charge in [-0.1, -0.05) is 18.2 Å². The third-order valence-corrected chi connectivity index (χ3v) is 6.76. The van der Waals surface area contributed by atoms with Gasteiger partial charge in [0, 0.05) is 58.1 Å². The Morgan fingerprint density at radius 3 is 2.55 bits per heavy atom. The van der Waals surface area contributed by atoms with Crippen LogP contribution in [0, 0.1) is 0 Å². The molecule has 33 heavy (non-hydrogen) atoms. The molecule has 0 aliphatic carbocycles. The van der Waals surface area contributed by atoms with Crippen molar-refractivity contribution >= 4 is 56.8 Å². The summed E-state index contributed by atoms with van der Waals surface area (Å²) in [7, 11) is 0. The number of alkyl halides is 1. The van der Waals surface area contributed by atoms with E-state index in [2.05, 4.69) is 46.4 Å². The van der Waals surface area contributed by atoms with Gasteiger partial charge in [-0.15, -0.1) is 23.4 Å². The highest BCUT2D eigenvalue weighted by Crippen LogP contribution is 2.22. The number of benzene rings is 3. The van der Waals surface area contributed by atoms with Crippen LogP contribution in [-0.4, -0.2) is 42.2 Å². The molecule has 1 aromatic heterocycles. The lowest BCUT2D eigenvalue weighted by Crippen LogP contribution is -2.26. The quantitative estimate of drug-likeness (QED) is 0.148. The molecule has 0 aliphatic heterocycles. The number of carbonyl (C=O) groups excluding carboxylic acids is 1. The number of thioether (sulfide) groups is 1. The molecule has 0 bridgehead atoms. The summed E-state index contributed by atoms with van der Waals surface area (Å²) in [4.78, 5) is 32.4. The van der Waals surface area contributed by atoms with Crippen LogP contribution in [0.4, 0.5) is 5.69 Å². The Morgan fingerprint density at radius 1 is 1.03 bits per heavy atom. The Hall–Kier alpha value is -2.96. The first-order chi connectivity index (χ1) is 16.1. The summed E-state index contributed by atoms with van der Waals surface area (Å²) in [6.45, 7) is 4.38. The summed E-state index contributed by atoms with van der Waals surface area (Å²) in [5.41, 5.74) is 2.86. The van der Waals surface area contributed by atoms with Crippen LogP contribution in [0.2, 0.25) is 0 Å². The van der Waals surface area contributed by atoms with Gasteiger partial charge in [-0.3, -0.25) is 9.59 Å².